The van der Waals surface area contributed by atoms with Gasteiger partial charge in [-0.15, -0.1) is 0 Å². The van der Waals surface area contributed by atoms with Crippen LogP contribution in [0.25, 0.3) is 0 Å². The maximum atomic E-state index is 10.6. The van der Waals surface area contributed by atoms with Crippen LogP contribution in [0.3, 0.4) is 0 Å². The second kappa shape index (κ2) is 7.84. The summed E-state index contributed by atoms with van der Waals surface area (Å²) in [6.45, 7) is 2.88. The van der Waals surface area contributed by atoms with Crippen molar-refractivity contribution in [1.29, 1.82) is 0 Å². The van der Waals surface area contributed by atoms with E-state index in [4.69, 9.17) is 5.11 Å². The largest absolute Gasteiger partial charge is 0.394 e. The Morgan fingerprint density at radius 3 is 2.38 bits per heavy atom. The highest BCUT2D eigenvalue weighted by Crippen LogP contribution is 2.20. The molecule has 0 aromatic heterocycles. The SMILES string of the molecule is CC(=C=O)CCC(C)C(N=O)C(CO)N=O. The van der Waals surface area contributed by atoms with Crippen molar-refractivity contribution in [2.24, 2.45) is 16.3 Å². The predicted molar refractivity (Wildman–Crippen MR) is 59.5 cm³/mol. The number of rotatable bonds is 8. The Morgan fingerprint density at radius 1 is 1.38 bits per heavy atom. The zero-order valence-electron chi connectivity index (χ0n) is 9.42. The van der Waals surface area contributed by atoms with Crippen LogP contribution >= 0.6 is 0 Å². The average molecular weight is 228 g/mol. The number of aliphatic hydroxyl groups excluding tert-OH is 1. The van der Waals surface area contributed by atoms with E-state index in [1.807, 2.05) is 0 Å². The van der Waals surface area contributed by atoms with Gasteiger partial charge in [0, 0.05) is 5.57 Å². The minimum atomic E-state index is -1.01. The smallest absolute Gasteiger partial charge is 0.141 e. The van der Waals surface area contributed by atoms with Crippen molar-refractivity contribution < 1.29 is 9.90 Å². The predicted octanol–water partition coefficient (Wildman–Crippen LogP) is 1.44. The van der Waals surface area contributed by atoms with Crippen LogP contribution in [-0.2, 0) is 4.79 Å². The summed E-state index contributed by atoms with van der Waals surface area (Å²) in [6.07, 6.45) is 1.02. The van der Waals surface area contributed by atoms with Gasteiger partial charge in [-0.1, -0.05) is 17.3 Å². The molecule has 0 amide bonds. The van der Waals surface area contributed by atoms with Gasteiger partial charge >= 0.3 is 0 Å². The number of hydrogen-bond donors (Lipinski definition) is 1. The Balaban J connectivity index is 4.41. The molecule has 0 aromatic rings. The molecule has 0 saturated carbocycles. The van der Waals surface area contributed by atoms with E-state index in [0.717, 1.165) is 0 Å². The Hall–Kier alpha value is -1.39. The molecule has 3 unspecified atom stereocenters. The second-order valence-corrected chi connectivity index (χ2v) is 3.85. The third-order valence-corrected chi connectivity index (χ3v) is 2.57. The Bertz CT molecular complexity index is 287. The van der Waals surface area contributed by atoms with E-state index in [9.17, 15) is 14.6 Å². The molecule has 0 aliphatic rings. The highest BCUT2D eigenvalue weighted by molar-refractivity contribution is 5.50. The number of carbonyl (C=O) groups excluding carboxylic acids is 1. The first-order valence-corrected chi connectivity index (χ1v) is 5.07. The zero-order valence-corrected chi connectivity index (χ0v) is 9.42. The lowest BCUT2D eigenvalue weighted by molar-refractivity contribution is 0.226. The topological polar surface area (TPSA) is 96.2 Å². The van der Waals surface area contributed by atoms with Crippen LogP contribution in [0.1, 0.15) is 26.7 Å². The molecule has 0 aliphatic heterocycles. The number of hydrogen-bond acceptors (Lipinski definition) is 6. The van der Waals surface area contributed by atoms with Gasteiger partial charge in [-0.05, 0) is 25.7 Å². The molecule has 0 aliphatic carbocycles. The number of allylic oxidation sites excluding steroid dienone is 1. The van der Waals surface area contributed by atoms with Gasteiger partial charge in [-0.2, -0.15) is 9.81 Å². The van der Waals surface area contributed by atoms with Crippen molar-refractivity contribution in [3.8, 4) is 0 Å². The standard InChI is InChI=1S/C10H16N2O4/c1-7(5-13)3-4-8(2)10(12-16)9(6-14)11-15/h8-10,14H,3-4,6H2,1-2H3. The van der Waals surface area contributed by atoms with Crippen LogP contribution in [0, 0.1) is 15.7 Å². The molecule has 6 heteroatoms. The summed E-state index contributed by atoms with van der Waals surface area (Å²) in [4.78, 5) is 31.2. The van der Waals surface area contributed by atoms with Gasteiger partial charge in [0.25, 0.3) is 0 Å². The lowest BCUT2D eigenvalue weighted by Crippen LogP contribution is -2.31. The molecule has 0 heterocycles. The van der Waals surface area contributed by atoms with Gasteiger partial charge in [-0.3, -0.25) is 0 Å². The molecule has 90 valence electrons. The number of aliphatic hydroxyl groups is 1. The lowest BCUT2D eigenvalue weighted by Gasteiger charge is -2.19. The van der Waals surface area contributed by atoms with E-state index < -0.39 is 18.7 Å². The first-order chi connectivity index (χ1) is 7.60. The molecule has 0 rings (SSSR count). The molecule has 1 N–H and O–H groups in total. The highest BCUT2D eigenvalue weighted by atomic mass is 16.3. The van der Waals surface area contributed by atoms with E-state index in [0.29, 0.717) is 18.4 Å². The fourth-order valence-electron chi connectivity index (χ4n) is 1.42. The summed E-state index contributed by atoms with van der Waals surface area (Å²) >= 11 is 0. The summed E-state index contributed by atoms with van der Waals surface area (Å²) in [5.74, 6) is 1.55. The fraction of sp³-hybridized carbons (Fsp3) is 0.800. The van der Waals surface area contributed by atoms with Crippen LogP contribution < -0.4 is 0 Å². The molecule has 0 saturated heterocycles. The van der Waals surface area contributed by atoms with E-state index in [1.165, 1.54) is 0 Å². The second-order valence-electron chi connectivity index (χ2n) is 3.85. The molecule has 0 radical (unpaired) electrons. The van der Waals surface area contributed by atoms with Crippen molar-refractivity contribution in [3.63, 3.8) is 0 Å². The van der Waals surface area contributed by atoms with Gasteiger partial charge in [0.15, 0.2) is 0 Å². The van der Waals surface area contributed by atoms with Crippen LogP contribution in [0.2, 0.25) is 0 Å². The van der Waals surface area contributed by atoms with Gasteiger partial charge in [0.2, 0.25) is 0 Å². The van der Waals surface area contributed by atoms with Gasteiger partial charge in [0.05, 0.1) is 6.61 Å². The van der Waals surface area contributed by atoms with Crippen LogP contribution in [-0.4, -0.2) is 29.7 Å². The van der Waals surface area contributed by atoms with Crippen molar-refractivity contribution in [1.82, 2.24) is 0 Å². The maximum absolute atomic E-state index is 10.6. The van der Waals surface area contributed by atoms with Gasteiger partial charge in [0.1, 0.15) is 18.0 Å². The highest BCUT2D eigenvalue weighted by Gasteiger charge is 2.28. The van der Waals surface area contributed by atoms with Crippen molar-refractivity contribution >= 4 is 5.94 Å². The maximum Gasteiger partial charge on any atom is 0.141 e. The van der Waals surface area contributed by atoms with Crippen molar-refractivity contribution in [2.75, 3.05) is 6.61 Å². The monoisotopic (exact) mass is 228 g/mol. The van der Waals surface area contributed by atoms with E-state index >= 15 is 0 Å². The number of nitroso groups, excluding NO2 is 2. The van der Waals surface area contributed by atoms with E-state index in [2.05, 4.69) is 10.4 Å². The molecular formula is C10H16N2O4. The molecule has 0 bridgehead atoms. The van der Waals surface area contributed by atoms with E-state index in [-0.39, 0.29) is 5.92 Å². The van der Waals surface area contributed by atoms with Crippen molar-refractivity contribution in [3.05, 3.63) is 15.4 Å². The molecule has 0 fully saturated rings. The summed E-state index contributed by atoms with van der Waals surface area (Å²) in [7, 11) is 0. The van der Waals surface area contributed by atoms with Gasteiger partial charge in [-0.25, -0.2) is 4.79 Å². The normalized spacial score (nSPS) is 15.7. The quantitative estimate of drug-likeness (QED) is 0.502. The molecule has 0 spiro atoms. The first-order valence-electron chi connectivity index (χ1n) is 5.07. The number of nitrogens with zero attached hydrogens (tertiary/aromatic N) is 2. The lowest BCUT2D eigenvalue weighted by atomic mass is 9.91. The van der Waals surface area contributed by atoms with Crippen LogP contribution in [0.5, 0.6) is 0 Å². The van der Waals surface area contributed by atoms with E-state index in [1.54, 1.807) is 19.8 Å². The van der Waals surface area contributed by atoms with Crippen molar-refractivity contribution in [2.45, 2.75) is 38.8 Å². The molecule has 16 heavy (non-hydrogen) atoms. The summed E-state index contributed by atoms with van der Waals surface area (Å²) in [5, 5.41) is 14.3. The molecular weight excluding hydrogens is 212 g/mol. The molecule has 3 atom stereocenters. The fourth-order valence-corrected chi connectivity index (χ4v) is 1.42. The Labute approximate surface area is 93.7 Å². The third-order valence-electron chi connectivity index (χ3n) is 2.57. The summed E-state index contributed by atoms with van der Waals surface area (Å²) in [6, 6.07) is -1.85. The van der Waals surface area contributed by atoms with Crippen LogP contribution in [0.4, 0.5) is 0 Å². The van der Waals surface area contributed by atoms with Gasteiger partial charge < -0.3 is 5.11 Å². The average Bonchev–Trinajstić information content (AvgIpc) is 2.32. The molecule has 0 aromatic carbocycles. The zero-order chi connectivity index (χ0) is 12.6. The molecule has 6 nitrogen and oxygen atoms in total. The first kappa shape index (κ1) is 14.6. The minimum absolute atomic E-state index is 0.212. The van der Waals surface area contributed by atoms with Crippen LogP contribution in [0.15, 0.2) is 15.9 Å². The minimum Gasteiger partial charge on any atom is -0.394 e. The Kier molecular flexibility index (Phi) is 7.16. The third kappa shape index (κ3) is 4.42. The summed E-state index contributed by atoms with van der Waals surface area (Å²) in [5.41, 5.74) is 0.552. The summed E-state index contributed by atoms with van der Waals surface area (Å²) < 4.78 is 0. The Morgan fingerprint density at radius 2 is 2.00 bits per heavy atom.